The number of H-pyrrole nitrogens is 1. The fourth-order valence-corrected chi connectivity index (χ4v) is 3.47. The van der Waals surface area contributed by atoms with Crippen LogP contribution in [0.5, 0.6) is 5.75 Å². The molecule has 27 heavy (non-hydrogen) atoms. The Morgan fingerprint density at radius 2 is 1.67 bits per heavy atom. The lowest BCUT2D eigenvalue weighted by atomic mass is 9.86. The van der Waals surface area contributed by atoms with Crippen molar-refractivity contribution in [3.63, 3.8) is 0 Å². The molecule has 0 bridgehead atoms. The van der Waals surface area contributed by atoms with Crippen molar-refractivity contribution in [3.05, 3.63) is 84.8 Å². The smallest absolute Gasteiger partial charge is 0.266 e. The van der Waals surface area contributed by atoms with Crippen LogP contribution in [0.1, 0.15) is 42.3 Å². The molecule has 138 valence electrons. The van der Waals surface area contributed by atoms with Gasteiger partial charge in [-0.3, -0.25) is 9.59 Å². The van der Waals surface area contributed by atoms with Crippen LogP contribution in [0.2, 0.25) is 0 Å². The summed E-state index contributed by atoms with van der Waals surface area (Å²) in [6.07, 6.45) is 3.18. The van der Waals surface area contributed by atoms with Gasteiger partial charge in [0.1, 0.15) is 5.75 Å². The molecule has 0 aliphatic rings. The number of Topliss-reactive ketones (excluding diaryl/α,β-unsaturated/α-hetero) is 1. The van der Waals surface area contributed by atoms with E-state index in [-0.39, 0.29) is 22.5 Å². The number of thiazole rings is 1. The molecule has 0 aliphatic carbocycles. The minimum absolute atomic E-state index is 0.0310. The molecular formula is C22H21NO3S. The van der Waals surface area contributed by atoms with Gasteiger partial charge in [-0.1, -0.05) is 57.2 Å². The summed E-state index contributed by atoms with van der Waals surface area (Å²) in [6, 6.07) is 14.1. The van der Waals surface area contributed by atoms with Gasteiger partial charge >= 0.3 is 0 Å². The van der Waals surface area contributed by atoms with E-state index < -0.39 is 0 Å². The first kappa shape index (κ1) is 18.9. The number of rotatable bonds is 3. The SMILES string of the molecule is CC(C)(C)c1ccc(C(=O)/C=c2\[nH]c(=O)/c(=C\c3ccc(O)cc3)s2)cc1. The van der Waals surface area contributed by atoms with Crippen molar-refractivity contribution in [3.8, 4) is 5.75 Å². The maximum atomic E-state index is 12.5. The molecule has 2 aromatic carbocycles. The Morgan fingerprint density at radius 1 is 1.04 bits per heavy atom. The molecule has 0 atom stereocenters. The lowest BCUT2D eigenvalue weighted by Gasteiger charge is -2.18. The Kier molecular flexibility index (Phi) is 5.15. The van der Waals surface area contributed by atoms with Crippen molar-refractivity contribution in [2.45, 2.75) is 26.2 Å². The third-order valence-electron chi connectivity index (χ3n) is 4.17. The summed E-state index contributed by atoms with van der Waals surface area (Å²) >= 11 is 1.23. The number of aromatic hydroxyl groups is 1. The second-order valence-corrected chi connectivity index (χ2v) is 8.44. The van der Waals surface area contributed by atoms with Crippen LogP contribution >= 0.6 is 11.3 Å². The number of carbonyl (C=O) groups excluding carboxylic acids is 1. The van der Waals surface area contributed by atoms with Gasteiger partial charge in [0.25, 0.3) is 5.56 Å². The zero-order chi connectivity index (χ0) is 19.6. The van der Waals surface area contributed by atoms with Crippen LogP contribution in [0.4, 0.5) is 0 Å². The number of phenols is 1. The molecule has 0 fully saturated rings. The average Bonchev–Trinajstić information content (AvgIpc) is 2.95. The van der Waals surface area contributed by atoms with Gasteiger partial charge in [0.2, 0.25) is 0 Å². The van der Waals surface area contributed by atoms with Crippen molar-refractivity contribution in [2.75, 3.05) is 0 Å². The van der Waals surface area contributed by atoms with E-state index in [1.54, 1.807) is 30.3 Å². The summed E-state index contributed by atoms with van der Waals surface area (Å²) in [4.78, 5) is 27.3. The number of aromatic amines is 1. The van der Waals surface area contributed by atoms with Crippen LogP contribution in [-0.4, -0.2) is 15.9 Å². The summed E-state index contributed by atoms with van der Waals surface area (Å²) in [7, 11) is 0. The van der Waals surface area contributed by atoms with Gasteiger partial charge in [-0.15, -0.1) is 11.3 Å². The Balaban J connectivity index is 1.90. The molecule has 0 saturated heterocycles. The number of aromatic nitrogens is 1. The van der Waals surface area contributed by atoms with E-state index in [2.05, 4.69) is 25.8 Å². The molecule has 3 aromatic rings. The first-order chi connectivity index (χ1) is 12.7. The van der Waals surface area contributed by atoms with Gasteiger partial charge in [-0.25, -0.2) is 0 Å². The van der Waals surface area contributed by atoms with E-state index in [4.69, 9.17) is 0 Å². The zero-order valence-corrected chi connectivity index (χ0v) is 16.3. The highest BCUT2D eigenvalue weighted by molar-refractivity contribution is 7.07. The topological polar surface area (TPSA) is 70.2 Å². The molecule has 0 unspecified atom stereocenters. The molecule has 0 amide bonds. The van der Waals surface area contributed by atoms with E-state index in [9.17, 15) is 14.7 Å². The summed E-state index contributed by atoms with van der Waals surface area (Å²) in [6.45, 7) is 6.37. The van der Waals surface area contributed by atoms with E-state index in [1.807, 2.05) is 24.3 Å². The van der Waals surface area contributed by atoms with Crippen LogP contribution in [-0.2, 0) is 5.41 Å². The van der Waals surface area contributed by atoms with E-state index in [1.165, 1.54) is 17.4 Å². The van der Waals surface area contributed by atoms with Gasteiger partial charge in [0, 0.05) is 11.6 Å². The molecule has 5 heteroatoms. The molecule has 1 aromatic heterocycles. The van der Waals surface area contributed by atoms with Crippen LogP contribution < -0.4 is 14.8 Å². The van der Waals surface area contributed by atoms with E-state index in [0.717, 1.165) is 11.1 Å². The Bertz CT molecular complexity index is 1130. The number of hydrogen-bond donors (Lipinski definition) is 2. The van der Waals surface area contributed by atoms with Crippen molar-refractivity contribution in [1.29, 1.82) is 0 Å². The van der Waals surface area contributed by atoms with E-state index in [0.29, 0.717) is 14.8 Å². The zero-order valence-electron chi connectivity index (χ0n) is 15.4. The molecule has 0 spiro atoms. The normalized spacial score (nSPS) is 13.1. The number of ketones is 1. The Morgan fingerprint density at radius 3 is 2.26 bits per heavy atom. The van der Waals surface area contributed by atoms with Crippen LogP contribution in [0.15, 0.2) is 53.3 Å². The van der Waals surface area contributed by atoms with Crippen LogP contribution in [0, 0.1) is 0 Å². The molecular weight excluding hydrogens is 358 g/mol. The Labute approximate surface area is 161 Å². The highest BCUT2D eigenvalue weighted by Crippen LogP contribution is 2.22. The number of hydrogen-bond acceptors (Lipinski definition) is 4. The third-order valence-corrected chi connectivity index (χ3v) is 5.13. The average molecular weight is 379 g/mol. The van der Waals surface area contributed by atoms with Gasteiger partial charge in [0.05, 0.1) is 9.20 Å². The molecule has 4 nitrogen and oxygen atoms in total. The lowest BCUT2D eigenvalue weighted by molar-refractivity contribution is 0.106. The predicted molar refractivity (Wildman–Crippen MR) is 110 cm³/mol. The lowest BCUT2D eigenvalue weighted by Crippen LogP contribution is -2.20. The van der Waals surface area contributed by atoms with Gasteiger partial charge in [-0.2, -0.15) is 0 Å². The van der Waals surface area contributed by atoms with Crippen LogP contribution in [0.3, 0.4) is 0 Å². The summed E-state index contributed by atoms with van der Waals surface area (Å²) in [5.41, 5.74) is 2.34. The maximum absolute atomic E-state index is 12.5. The third kappa shape index (κ3) is 4.63. The Hall–Kier alpha value is -2.92. The fraction of sp³-hybridized carbons (Fsp3) is 0.182. The predicted octanol–water partition coefficient (Wildman–Crippen LogP) is 2.93. The molecule has 0 aliphatic heterocycles. The molecule has 2 N–H and O–H groups in total. The van der Waals surface area contributed by atoms with Gasteiger partial charge in [0.15, 0.2) is 5.78 Å². The van der Waals surface area contributed by atoms with Crippen molar-refractivity contribution < 1.29 is 9.90 Å². The molecule has 0 saturated carbocycles. The number of carbonyl (C=O) groups is 1. The summed E-state index contributed by atoms with van der Waals surface area (Å²) < 4.78 is 1.01. The highest BCUT2D eigenvalue weighted by atomic mass is 32.1. The van der Waals surface area contributed by atoms with Crippen molar-refractivity contribution in [2.24, 2.45) is 0 Å². The summed E-state index contributed by atoms with van der Waals surface area (Å²) in [5, 5.41) is 9.33. The second-order valence-electron chi connectivity index (χ2n) is 7.36. The number of phenolic OH excluding ortho intramolecular Hbond substituents is 1. The second kappa shape index (κ2) is 7.37. The molecule has 0 radical (unpaired) electrons. The van der Waals surface area contributed by atoms with Gasteiger partial charge < -0.3 is 10.1 Å². The fourth-order valence-electron chi connectivity index (χ4n) is 2.58. The monoisotopic (exact) mass is 379 g/mol. The summed E-state index contributed by atoms with van der Waals surface area (Å²) in [5.74, 6) is 0.0217. The largest absolute Gasteiger partial charge is 0.508 e. The van der Waals surface area contributed by atoms with Crippen molar-refractivity contribution >= 4 is 29.3 Å². The van der Waals surface area contributed by atoms with E-state index >= 15 is 0 Å². The maximum Gasteiger partial charge on any atom is 0.266 e. The first-order valence-electron chi connectivity index (χ1n) is 8.59. The number of nitrogens with one attached hydrogen (secondary N) is 1. The van der Waals surface area contributed by atoms with Crippen LogP contribution in [0.25, 0.3) is 12.2 Å². The highest BCUT2D eigenvalue weighted by Gasteiger charge is 2.13. The molecule has 3 rings (SSSR count). The quantitative estimate of drug-likeness (QED) is 0.688. The van der Waals surface area contributed by atoms with Gasteiger partial charge in [-0.05, 0) is 34.8 Å². The molecule has 1 heterocycles. The van der Waals surface area contributed by atoms with Crippen molar-refractivity contribution in [1.82, 2.24) is 4.98 Å². The minimum atomic E-state index is -0.241. The first-order valence-corrected chi connectivity index (χ1v) is 9.40. The standard InChI is InChI=1S/C22H21NO3S/c1-22(2,3)16-8-6-15(7-9-16)18(25)13-20-23-21(26)19(27-20)12-14-4-10-17(24)11-5-14/h4-13,24H,1-3H3,(H,23,26)/b19-12+,20-13+. The minimum Gasteiger partial charge on any atom is -0.508 e. The number of benzene rings is 2.